The lowest BCUT2D eigenvalue weighted by molar-refractivity contribution is 0.00436. The van der Waals surface area contributed by atoms with Gasteiger partial charge in [-0.3, -0.25) is 4.90 Å². The van der Waals surface area contributed by atoms with E-state index >= 15 is 0 Å². The van der Waals surface area contributed by atoms with Gasteiger partial charge in [-0.05, 0) is 12.3 Å². The van der Waals surface area contributed by atoms with Crippen LogP contribution in [-0.4, -0.2) is 81.2 Å². The molecule has 1 aromatic carbocycles. The number of ether oxygens (including phenoxy) is 3. The van der Waals surface area contributed by atoms with Crippen molar-refractivity contribution in [1.82, 2.24) is 10.2 Å². The van der Waals surface area contributed by atoms with E-state index in [1.807, 2.05) is 30.0 Å². The number of benzene rings is 1. The molecule has 0 unspecified atom stereocenters. The summed E-state index contributed by atoms with van der Waals surface area (Å²) in [5.41, 5.74) is 1.04. The van der Waals surface area contributed by atoms with E-state index in [9.17, 15) is 5.11 Å². The summed E-state index contributed by atoms with van der Waals surface area (Å²) in [6.07, 6.45) is 1.55. The fraction of sp³-hybridized carbons (Fsp3) is 0.667. The Bertz CT molecular complexity index is 498. The van der Waals surface area contributed by atoms with Crippen molar-refractivity contribution in [1.29, 1.82) is 0 Å². The maximum atomic E-state index is 10.3. The van der Waals surface area contributed by atoms with Crippen LogP contribution in [0.25, 0.3) is 0 Å². The second-order valence-corrected chi connectivity index (χ2v) is 6.98. The van der Waals surface area contributed by atoms with Crippen LogP contribution in [0.3, 0.4) is 0 Å². The van der Waals surface area contributed by atoms with Crippen LogP contribution in [0.2, 0.25) is 0 Å². The van der Waals surface area contributed by atoms with Crippen molar-refractivity contribution in [2.24, 2.45) is 0 Å². The predicted octanol–water partition coefficient (Wildman–Crippen LogP) is 1.22. The first kappa shape index (κ1) is 20.3. The van der Waals surface area contributed by atoms with Gasteiger partial charge in [-0.2, -0.15) is 11.8 Å². The Morgan fingerprint density at radius 1 is 1.36 bits per heavy atom. The number of hydrogen-bond donors (Lipinski definition) is 2. The highest BCUT2D eigenvalue weighted by atomic mass is 32.2. The summed E-state index contributed by atoms with van der Waals surface area (Å²) in [6, 6.07) is 5.87. The zero-order chi connectivity index (χ0) is 17.9. The van der Waals surface area contributed by atoms with Crippen LogP contribution in [0.5, 0.6) is 11.5 Å². The first-order valence-corrected chi connectivity index (χ1v) is 10.1. The van der Waals surface area contributed by atoms with Crippen LogP contribution in [0, 0.1) is 0 Å². The fourth-order valence-electron chi connectivity index (χ4n) is 2.74. The number of thioether (sulfide) groups is 1. The van der Waals surface area contributed by atoms with Gasteiger partial charge in [-0.1, -0.05) is 12.1 Å². The van der Waals surface area contributed by atoms with E-state index in [1.54, 1.807) is 7.11 Å². The van der Waals surface area contributed by atoms with Crippen molar-refractivity contribution >= 4 is 11.8 Å². The summed E-state index contributed by atoms with van der Waals surface area (Å²) in [4.78, 5) is 2.20. The highest BCUT2D eigenvalue weighted by molar-refractivity contribution is 7.98. The maximum Gasteiger partial charge on any atom is 0.165 e. The molecule has 1 atom stereocenters. The topological polar surface area (TPSA) is 63.2 Å². The average Bonchev–Trinajstić information content (AvgIpc) is 2.64. The summed E-state index contributed by atoms with van der Waals surface area (Å²) < 4.78 is 16.7. The van der Waals surface area contributed by atoms with Crippen molar-refractivity contribution in [3.8, 4) is 11.5 Å². The van der Waals surface area contributed by atoms with Crippen LogP contribution < -0.4 is 14.8 Å². The van der Waals surface area contributed by atoms with Crippen LogP contribution in [0.4, 0.5) is 0 Å². The van der Waals surface area contributed by atoms with Gasteiger partial charge < -0.3 is 24.6 Å². The smallest absolute Gasteiger partial charge is 0.165 e. The molecule has 0 saturated carbocycles. The molecule has 0 bridgehead atoms. The second-order valence-electron chi connectivity index (χ2n) is 6.00. The van der Waals surface area contributed by atoms with E-state index in [1.165, 1.54) is 0 Å². The van der Waals surface area contributed by atoms with Gasteiger partial charge in [0, 0.05) is 44.0 Å². The van der Waals surface area contributed by atoms with E-state index in [4.69, 9.17) is 14.2 Å². The molecule has 1 fully saturated rings. The molecule has 1 aliphatic rings. The number of nitrogens with one attached hydrogen (secondary N) is 1. The van der Waals surface area contributed by atoms with Crippen molar-refractivity contribution in [2.75, 3.05) is 65.1 Å². The maximum absolute atomic E-state index is 10.3. The number of methoxy groups -OCH3 is 1. The van der Waals surface area contributed by atoms with Crippen LogP contribution >= 0.6 is 11.8 Å². The molecule has 0 amide bonds. The Hall–Kier alpha value is -0.990. The molecule has 2 rings (SSSR count). The summed E-state index contributed by atoms with van der Waals surface area (Å²) in [6.45, 7) is 5.67. The summed E-state index contributed by atoms with van der Waals surface area (Å²) in [5, 5.41) is 13.7. The van der Waals surface area contributed by atoms with Gasteiger partial charge in [-0.25, -0.2) is 0 Å². The normalized spacial score (nSPS) is 16.6. The quantitative estimate of drug-likeness (QED) is 0.568. The molecule has 2 N–H and O–H groups in total. The summed E-state index contributed by atoms with van der Waals surface area (Å²) in [5.74, 6) is 2.48. The molecule has 142 valence electrons. The number of rotatable bonds is 11. The Morgan fingerprint density at radius 2 is 2.16 bits per heavy atom. The SMILES string of the molecule is COc1cccc(CNCCSC)c1OC[C@@H](O)CN1CCOCC1. The van der Waals surface area contributed by atoms with Crippen molar-refractivity contribution in [3.63, 3.8) is 0 Å². The Labute approximate surface area is 154 Å². The van der Waals surface area contributed by atoms with Gasteiger partial charge in [-0.15, -0.1) is 0 Å². The minimum absolute atomic E-state index is 0.246. The van der Waals surface area contributed by atoms with Crippen molar-refractivity contribution < 1.29 is 19.3 Å². The largest absolute Gasteiger partial charge is 0.493 e. The van der Waals surface area contributed by atoms with Crippen LogP contribution in [-0.2, 0) is 11.3 Å². The molecule has 1 aliphatic heterocycles. The monoisotopic (exact) mass is 370 g/mol. The van der Waals surface area contributed by atoms with Crippen LogP contribution in [0.1, 0.15) is 5.56 Å². The third kappa shape index (κ3) is 7.03. The number of nitrogens with zero attached hydrogens (tertiary/aromatic N) is 1. The van der Waals surface area contributed by atoms with Gasteiger partial charge in [0.25, 0.3) is 0 Å². The molecule has 0 aromatic heterocycles. The van der Waals surface area contributed by atoms with Crippen LogP contribution in [0.15, 0.2) is 18.2 Å². The van der Waals surface area contributed by atoms with Gasteiger partial charge in [0.1, 0.15) is 12.7 Å². The minimum Gasteiger partial charge on any atom is -0.493 e. The number of aliphatic hydroxyl groups is 1. The van der Waals surface area contributed by atoms with E-state index < -0.39 is 6.10 Å². The first-order valence-electron chi connectivity index (χ1n) is 8.71. The van der Waals surface area contributed by atoms with Gasteiger partial charge in [0.15, 0.2) is 11.5 Å². The molecule has 0 radical (unpaired) electrons. The van der Waals surface area contributed by atoms with Crippen molar-refractivity contribution in [2.45, 2.75) is 12.6 Å². The van der Waals surface area contributed by atoms with Gasteiger partial charge >= 0.3 is 0 Å². The molecule has 7 heteroatoms. The molecule has 1 heterocycles. The zero-order valence-corrected chi connectivity index (χ0v) is 16.0. The second kappa shape index (κ2) is 11.6. The molecule has 1 aromatic rings. The highest BCUT2D eigenvalue weighted by Gasteiger charge is 2.17. The molecule has 0 aliphatic carbocycles. The highest BCUT2D eigenvalue weighted by Crippen LogP contribution is 2.31. The van der Waals surface area contributed by atoms with Crippen molar-refractivity contribution in [3.05, 3.63) is 23.8 Å². The number of hydrogen-bond acceptors (Lipinski definition) is 7. The van der Waals surface area contributed by atoms with Gasteiger partial charge in [0.05, 0.1) is 20.3 Å². The molecular formula is C18H30N2O4S. The molecular weight excluding hydrogens is 340 g/mol. The number of para-hydroxylation sites is 1. The molecule has 25 heavy (non-hydrogen) atoms. The minimum atomic E-state index is -0.541. The van der Waals surface area contributed by atoms with E-state index in [0.717, 1.165) is 44.2 Å². The zero-order valence-electron chi connectivity index (χ0n) is 15.2. The number of morpholine rings is 1. The van der Waals surface area contributed by atoms with E-state index in [0.29, 0.717) is 24.6 Å². The summed E-state index contributed by atoms with van der Waals surface area (Å²) >= 11 is 1.81. The molecule has 6 nitrogen and oxygen atoms in total. The first-order chi connectivity index (χ1) is 12.2. The van der Waals surface area contributed by atoms with Gasteiger partial charge in [0.2, 0.25) is 0 Å². The fourth-order valence-corrected chi connectivity index (χ4v) is 3.08. The molecule has 1 saturated heterocycles. The number of aliphatic hydroxyl groups excluding tert-OH is 1. The number of β-amino-alcohol motifs (C(OH)–C–C–N with tert-alkyl or cyclic N) is 1. The Balaban J connectivity index is 1.89. The third-order valence-corrected chi connectivity index (χ3v) is 4.68. The lowest BCUT2D eigenvalue weighted by atomic mass is 10.2. The molecule has 0 spiro atoms. The lowest BCUT2D eigenvalue weighted by Crippen LogP contribution is -2.42. The predicted molar refractivity (Wildman–Crippen MR) is 102 cm³/mol. The third-order valence-electron chi connectivity index (χ3n) is 4.07. The summed E-state index contributed by atoms with van der Waals surface area (Å²) in [7, 11) is 1.64. The van der Waals surface area contributed by atoms with E-state index in [-0.39, 0.29) is 6.61 Å². The Morgan fingerprint density at radius 3 is 2.88 bits per heavy atom. The standard InChI is InChI=1S/C18H30N2O4S/c1-22-17-5-3-4-15(12-19-6-11-25-2)18(17)24-14-16(21)13-20-7-9-23-10-8-20/h3-5,16,19,21H,6-14H2,1-2H3/t16-/m0/s1. The average molecular weight is 371 g/mol. The lowest BCUT2D eigenvalue weighted by Gasteiger charge is -2.28. The van der Waals surface area contributed by atoms with E-state index in [2.05, 4.69) is 16.5 Å². The Kier molecular flexibility index (Phi) is 9.42.